The molecule has 0 fully saturated rings. The van der Waals surface area contributed by atoms with Crippen LogP contribution in [-0.2, 0) is 14.6 Å². The van der Waals surface area contributed by atoms with Gasteiger partial charge in [-0.1, -0.05) is 37.0 Å². The molecular formula is C11H12Cl2O3S. The largest absolute Gasteiger partial charge is 0.298 e. The van der Waals surface area contributed by atoms with Gasteiger partial charge in [-0.25, -0.2) is 8.42 Å². The molecule has 0 N–H and O–H groups in total. The second kappa shape index (κ2) is 5.38. The minimum Gasteiger partial charge on any atom is -0.298 e. The third-order valence-corrected chi connectivity index (χ3v) is 4.60. The zero-order chi connectivity index (χ0) is 13.2. The van der Waals surface area contributed by atoms with E-state index in [1.807, 2.05) is 0 Å². The summed E-state index contributed by atoms with van der Waals surface area (Å²) in [5.74, 6) is -1.15. The normalized spacial score (nSPS) is 11.8. The molecule has 17 heavy (non-hydrogen) atoms. The molecule has 0 atom stereocenters. The third kappa shape index (κ3) is 3.69. The monoisotopic (exact) mass is 294 g/mol. The number of hydrogen-bond donors (Lipinski definition) is 0. The van der Waals surface area contributed by atoms with Gasteiger partial charge in [0.05, 0.1) is 14.9 Å². The van der Waals surface area contributed by atoms with E-state index in [-0.39, 0.29) is 26.6 Å². The molecule has 0 aliphatic carbocycles. The molecule has 1 aromatic rings. The summed E-state index contributed by atoms with van der Waals surface area (Å²) >= 11 is 11.4. The van der Waals surface area contributed by atoms with Gasteiger partial charge < -0.3 is 0 Å². The molecule has 1 aromatic carbocycles. The maximum absolute atomic E-state index is 11.9. The molecule has 1 rings (SSSR count). The SMILES string of the molecule is CC(C)C(=O)CS(=O)(=O)c1ccc(Cl)c(Cl)c1. The van der Waals surface area contributed by atoms with Gasteiger partial charge in [-0.05, 0) is 18.2 Å². The quantitative estimate of drug-likeness (QED) is 0.858. The van der Waals surface area contributed by atoms with Gasteiger partial charge in [0.1, 0.15) is 5.75 Å². The average molecular weight is 295 g/mol. The second-order valence-electron chi connectivity index (χ2n) is 3.96. The van der Waals surface area contributed by atoms with Crippen LogP contribution in [0.15, 0.2) is 23.1 Å². The zero-order valence-electron chi connectivity index (χ0n) is 9.41. The average Bonchev–Trinajstić information content (AvgIpc) is 2.21. The minimum atomic E-state index is -3.64. The Morgan fingerprint density at radius 2 is 1.82 bits per heavy atom. The summed E-state index contributed by atoms with van der Waals surface area (Å²) in [6.45, 7) is 3.32. The highest BCUT2D eigenvalue weighted by Gasteiger charge is 2.21. The molecule has 94 valence electrons. The maximum atomic E-state index is 11.9. The van der Waals surface area contributed by atoms with Gasteiger partial charge in [0.15, 0.2) is 15.6 Å². The molecule has 0 aromatic heterocycles. The molecule has 0 spiro atoms. The Labute approximate surface area is 111 Å². The molecule has 0 unspecified atom stereocenters. The highest BCUT2D eigenvalue weighted by molar-refractivity contribution is 7.92. The maximum Gasteiger partial charge on any atom is 0.185 e. The van der Waals surface area contributed by atoms with E-state index in [1.165, 1.54) is 18.2 Å². The molecule has 3 nitrogen and oxygen atoms in total. The lowest BCUT2D eigenvalue weighted by Gasteiger charge is -2.07. The molecule has 0 aliphatic heterocycles. The van der Waals surface area contributed by atoms with Crippen LogP contribution in [0.1, 0.15) is 13.8 Å². The Kier molecular flexibility index (Phi) is 4.58. The van der Waals surface area contributed by atoms with Crippen molar-refractivity contribution in [2.45, 2.75) is 18.7 Å². The third-order valence-electron chi connectivity index (χ3n) is 2.23. The summed E-state index contributed by atoms with van der Waals surface area (Å²) in [7, 11) is -3.64. The second-order valence-corrected chi connectivity index (χ2v) is 6.76. The van der Waals surface area contributed by atoms with Crippen LogP contribution in [0.5, 0.6) is 0 Å². The van der Waals surface area contributed by atoms with Crippen LogP contribution >= 0.6 is 23.2 Å². The highest BCUT2D eigenvalue weighted by Crippen LogP contribution is 2.25. The standard InChI is InChI=1S/C11H12Cl2O3S/c1-7(2)11(14)6-17(15,16)8-3-4-9(12)10(13)5-8/h3-5,7H,6H2,1-2H3. The summed E-state index contributed by atoms with van der Waals surface area (Å²) in [5.41, 5.74) is 0. The Morgan fingerprint density at radius 3 is 2.29 bits per heavy atom. The van der Waals surface area contributed by atoms with Gasteiger partial charge in [-0.2, -0.15) is 0 Å². The molecule has 6 heteroatoms. The number of halogens is 2. The predicted octanol–water partition coefficient (Wildman–Crippen LogP) is 2.99. The molecule has 0 saturated carbocycles. The van der Waals surface area contributed by atoms with Crippen LogP contribution < -0.4 is 0 Å². The first-order chi connectivity index (χ1) is 7.74. The molecule has 0 aliphatic rings. The van der Waals surface area contributed by atoms with Crippen LogP contribution in [0.25, 0.3) is 0 Å². The van der Waals surface area contributed by atoms with Gasteiger partial charge >= 0.3 is 0 Å². The molecular weight excluding hydrogens is 283 g/mol. The zero-order valence-corrected chi connectivity index (χ0v) is 11.7. The fourth-order valence-corrected chi connectivity index (χ4v) is 2.92. The van der Waals surface area contributed by atoms with Crippen LogP contribution in [0, 0.1) is 5.92 Å². The van der Waals surface area contributed by atoms with Gasteiger partial charge in [0.2, 0.25) is 0 Å². The van der Waals surface area contributed by atoms with Crippen molar-refractivity contribution in [3.05, 3.63) is 28.2 Å². The van der Waals surface area contributed by atoms with Crippen LogP contribution in [0.4, 0.5) is 0 Å². The molecule has 0 bridgehead atoms. The van der Waals surface area contributed by atoms with Crippen molar-refractivity contribution in [3.63, 3.8) is 0 Å². The van der Waals surface area contributed by atoms with Crippen LogP contribution in [-0.4, -0.2) is 20.0 Å². The van der Waals surface area contributed by atoms with E-state index >= 15 is 0 Å². The lowest BCUT2D eigenvalue weighted by Crippen LogP contribution is -2.20. The number of hydrogen-bond acceptors (Lipinski definition) is 3. The molecule has 0 radical (unpaired) electrons. The number of benzene rings is 1. The Bertz CT molecular complexity index is 536. The Hall–Kier alpha value is -0.580. The first-order valence-corrected chi connectivity index (χ1v) is 7.35. The van der Waals surface area contributed by atoms with Crippen LogP contribution in [0.3, 0.4) is 0 Å². The van der Waals surface area contributed by atoms with E-state index in [4.69, 9.17) is 23.2 Å². The van der Waals surface area contributed by atoms with E-state index in [9.17, 15) is 13.2 Å². The summed E-state index contributed by atoms with van der Waals surface area (Å²) < 4.78 is 23.8. The van der Waals surface area contributed by atoms with E-state index in [0.717, 1.165) is 0 Å². The number of sulfone groups is 1. The first-order valence-electron chi connectivity index (χ1n) is 4.94. The van der Waals surface area contributed by atoms with Gasteiger partial charge in [-0.3, -0.25) is 4.79 Å². The topological polar surface area (TPSA) is 51.2 Å². The van der Waals surface area contributed by atoms with E-state index in [2.05, 4.69) is 0 Å². The number of carbonyl (C=O) groups excluding carboxylic acids is 1. The Morgan fingerprint density at radius 1 is 1.24 bits per heavy atom. The number of rotatable bonds is 4. The van der Waals surface area contributed by atoms with Crippen molar-refractivity contribution in [3.8, 4) is 0 Å². The Balaban J connectivity index is 3.06. The van der Waals surface area contributed by atoms with Gasteiger partial charge in [0.25, 0.3) is 0 Å². The van der Waals surface area contributed by atoms with Crippen LogP contribution in [0.2, 0.25) is 10.0 Å². The van der Waals surface area contributed by atoms with Crippen molar-refractivity contribution in [1.29, 1.82) is 0 Å². The van der Waals surface area contributed by atoms with E-state index < -0.39 is 15.6 Å². The van der Waals surface area contributed by atoms with Crippen molar-refractivity contribution in [2.24, 2.45) is 5.92 Å². The molecule has 0 amide bonds. The summed E-state index contributed by atoms with van der Waals surface area (Å²) in [6, 6.07) is 4.00. The fourth-order valence-electron chi connectivity index (χ4n) is 1.11. The fraction of sp³-hybridized carbons (Fsp3) is 0.364. The smallest absolute Gasteiger partial charge is 0.185 e. The minimum absolute atomic E-state index is 0.0147. The van der Waals surface area contributed by atoms with Crippen molar-refractivity contribution < 1.29 is 13.2 Å². The van der Waals surface area contributed by atoms with Gasteiger partial charge in [-0.15, -0.1) is 0 Å². The lowest BCUT2D eigenvalue weighted by atomic mass is 10.1. The van der Waals surface area contributed by atoms with Crippen molar-refractivity contribution in [2.75, 3.05) is 5.75 Å². The molecule has 0 heterocycles. The first kappa shape index (κ1) is 14.5. The van der Waals surface area contributed by atoms with Gasteiger partial charge in [0, 0.05) is 5.92 Å². The number of ketones is 1. The molecule has 0 saturated heterocycles. The highest BCUT2D eigenvalue weighted by atomic mass is 35.5. The lowest BCUT2D eigenvalue weighted by molar-refractivity contribution is -0.119. The van der Waals surface area contributed by atoms with Crippen molar-refractivity contribution >= 4 is 38.8 Å². The number of Topliss-reactive ketones (excluding diaryl/α,β-unsaturated/α-hetero) is 1. The van der Waals surface area contributed by atoms with E-state index in [0.29, 0.717) is 0 Å². The summed E-state index contributed by atoms with van der Waals surface area (Å²) in [6.07, 6.45) is 0. The predicted molar refractivity (Wildman–Crippen MR) is 68.4 cm³/mol. The van der Waals surface area contributed by atoms with E-state index in [1.54, 1.807) is 13.8 Å². The van der Waals surface area contributed by atoms with Crippen molar-refractivity contribution in [1.82, 2.24) is 0 Å². The summed E-state index contributed by atoms with van der Waals surface area (Å²) in [4.78, 5) is 11.5. The number of carbonyl (C=O) groups is 1. The summed E-state index contributed by atoms with van der Waals surface area (Å²) in [5, 5.41) is 0.436.